The van der Waals surface area contributed by atoms with E-state index in [0.29, 0.717) is 11.8 Å². The molecule has 0 aromatic carbocycles. The van der Waals surface area contributed by atoms with Crippen LogP contribution < -0.4 is 5.73 Å². The van der Waals surface area contributed by atoms with Crippen LogP contribution in [0.15, 0.2) is 0 Å². The van der Waals surface area contributed by atoms with Crippen LogP contribution in [0.3, 0.4) is 0 Å². The fourth-order valence-electron chi connectivity index (χ4n) is 3.59. The molecule has 0 spiro atoms. The molecule has 0 aromatic heterocycles. The molecule has 0 amide bonds. The Balaban J connectivity index is 2.04. The molecule has 2 fully saturated rings. The average Bonchev–Trinajstić information content (AvgIpc) is 2.31. The predicted molar refractivity (Wildman–Crippen MR) is 52.1 cm³/mol. The van der Waals surface area contributed by atoms with Crippen LogP contribution in [0.4, 0.5) is 4.39 Å². The van der Waals surface area contributed by atoms with E-state index in [9.17, 15) is 4.39 Å². The quantitative estimate of drug-likeness (QED) is 0.702. The molecule has 2 atom stereocenters. The molecule has 13 heavy (non-hydrogen) atoms. The standard InChI is InChI=1S/C11H20FN/c1-11(12)6-8-2-3-9(7-11)10(8)4-5-13/h8-10H,2-7,13H2,1H3. The third-order valence-corrected chi connectivity index (χ3v) is 3.99. The second kappa shape index (κ2) is 3.23. The lowest BCUT2D eigenvalue weighted by molar-refractivity contribution is 0.0473. The maximum absolute atomic E-state index is 13.8. The number of hydrogen-bond donors (Lipinski definition) is 1. The minimum Gasteiger partial charge on any atom is -0.330 e. The molecule has 2 heteroatoms. The summed E-state index contributed by atoms with van der Waals surface area (Å²) in [5.74, 6) is 2.02. The summed E-state index contributed by atoms with van der Waals surface area (Å²) in [6.45, 7) is 2.55. The van der Waals surface area contributed by atoms with Crippen LogP contribution in [-0.2, 0) is 0 Å². The second-order valence-corrected chi connectivity index (χ2v) is 5.16. The molecule has 0 saturated heterocycles. The van der Waals surface area contributed by atoms with Crippen LogP contribution in [0.5, 0.6) is 0 Å². The van der Waals surface area contributed by atoms with Gasteiger partial charge in [-0.1, -0.05) is 0 Å². The van der Waals surface area contributed by atoms with Crippen LogP contribution in [0.1, 0.15) is 39.0 Å². The van der Waals surface area contributed by atoms with Crippen LogP contribution in [-0.4, -0.2) is 12.2 Å². The van der Waals surface area contributed by atoms with E-state index in [1.54, 1.807) is 6.92 Å². The van der Waals surface area contributed by atoms with Gasteiger partial charge in [-0.2, -0.15) is 0 Å². The molecule has 2 rings (SSSR count). The van der Waals surface area contributed by atoms with Gasteiger partial charge in [0.1, 0.15) is 5.67 Å². The van der Waals surface area contributed by atoms with Gasteiger partial charge in [0.25, 0.3) is 0 Å². The third-order valence-electron chi connectivity index (χ3n) is 3.99. The zero-order valence-electron chi connectivity index (χ0n) is 8.43. The molecule has 2 N–H and O–H groups in total. The van der Waals surface area contributed by atoms with Crippen molar-refractivity contribution in [2.75, 3.05) is 6.54 Å². The van der Waals surface area contributed by atoms with Gasteiger partial charge in [-0.3, -0.25) is 0 Å². The van der Waals surface area contributed by atoms with E-state index in [1.807, 2.05) is 0 Å². The zero-order valence-corrected chi connectivity index (χ0v) is 8.43. The van der Waals surface area contributed by atoms with Gasteiger partial charge in [-0.15, -0.1) is 0 Å². The highest BCUT2D eigenvalue weighted by atomic mass is 19.1. The fourth-order valence-corrected chi connectivity index (χ4v) is 3.59. The summed E-state index contributed by atoms with van der Waals surface area (Å²) in [4.78, 5) is 0. The first-order valence-electron chi connectivity index (χ1n) is 5.51. The van der Waals surface area contributed by atoms with Gasteiger partial charge in [-0.05, 0) is 63.3 Å². The minimum atomic E-state index is -0.878. The van der Waals surface area contributed by atoms with Crippen LogP contribution in [0.25, 0.3) is 0 Å². The average molecular weight is 185 g/mol. The van der Waals surface area contributed by atoms with Crippen molar-refractivity contribution in [2.24, 2.45) is 23.5 Å². The van der Waals surface area contributed by atoms with E-state index in [2.05, 4.69) is 0 Å². The highest BCUT2D eigenvalue weighted by Gasteiger charge is 2.47. The Labute approximate surface area is 79.9 Å². The largest absolute Gasteiger partial charge is 0.330 e. The summed E-state index contributed by atoms with van der Waals surface area (Å²) in [5.41, 5.74) is 4.71. The van der Waals surface area contributed by atoms with Crippen LogP contribution >= 0.6 is 0 Å². The Kier molecular flexibility index (Phi) is 2.35. The topological polar surface area (TPSA) is 26.0 Å². The summed E-state index contributed by atoms with van der Waals surface area (Å²) in [6.07, 6.45) is 5.18. The van der Waals surface area contributed by atoms with Gasteiger partial charge < -0.3 is 5.73 Å². The number of rotatable bonds is 2. The Morgan fingerprint density at radius 2 is 1.85 bits per heavy atom. The first kappa shape index (κ1) is 9.45. The Hall–Kier alpha value is -0.110. The van der Waals surface area contributed by atoms with Gasteiger partial charge in [0.2, 0.25) is 0 Å². The SMILES string of the molecule is CC1(F)CC2CCC(C1)C2CCN. The molecule has 76 valence electrons. The molecule has 1 nitrogen and oxygen atoms in total. The molecule has 0 aromatic rings. The lowest BCUT2D eigenvalue weighted by Crippen LogP contribution is -2.35. The van der Waals surface area contributed by atoms with Crippen molar-refractivity contribution >= 4 is 0 Å². The lowest BCUT2D eigenvalue weighted by Gasteiger charge is -2.37. The zero-order chi connectivity index (χ0) is 9.47. The van der Waals surface area contributed by atoms with Crippen molar-refractivity contribution in [2.45, 2.75) is 44.7 Å². The second-order valence-electron chi connectivity index (χ2n) is 5.16. The molecule has 0 heterocycles. The summed E-state index contributed by atoms with van der Waals surface area (Å²) in [5, 5.41) is 0. The third kappa shape index (κ3) is 1.74. The molecule has 0 radical (unpaired) electrons. The van der Waals surface area contributed by atoms with Crippen LogP contribution in [0, 0.1) is 17.8 Å². The Morgan fingerprint density at radius 3 is 2.31 bits per heavy atom. The van der Waals surface area contributed by atoms with Crippen LogP contribution in [0.2, 0.25) is 0 Å². The first-order valence-corrected chi connectivity index (χ1v) is 5.51. The van der Waals surface area contributed by atoms with Gasteiger partial charge in [0.05, 0.1) is 0 Å². The van der Waals surface area contributed by atoms with Crippen molar-refractivity contribution in [3.05, 3.63) is 0 Å². The van der Waals surface area contributed by atoms with E-state index in [-0.39, 0.29) is 0 Å². The summed E-state index contributed by atoms with van der Waals surface area (Å²) < 4.78 is 13.8. The number of fused-ring (bicyclic) bond motifs is 2. The van der Waals surface area contributed by atoms with Crippen molar-refractivity contribution in [3.63, 3.8) is 0 Å². The van der Waals surface area contributed by atoms with Crippen molar-refractivity contribution in [1.82, 2.24) is 0 Å². The number of nitrogens with two attached hydrogens (primary N) is 1. The van der Waals surface area contributed by atoms with Crippen molar-refractivity contribution in [1.29, 1.82) is 0 Å². The highest BCUT2D eigenvalue weighted by Crippen LogP contribution is 2.52. The highest BCUT2D eigenvalue weighted by molar-refractivity contribution is 4.97. The maximum atomic E-state index is 13.8. The van der Waals surface area contributed by atoms with Gasteiger partial charge in [0.15, 0.2) is 0 Å². The van der Waals surface area contributed by atoms with E-state index in [4.69, 9.17) is 5.73 Å². The smallest absolute Gasteiger partial charge is 0.108 e. The van der Waals surface area contributed by atoms with Gasteiger partial charge >= 0.3 is 0 Å². The van der Waals surface area contributed by atoms with Gasteiger partial charge in [-0.25, -0.2) is 4.39 Å². The van der Waals surface area contributed by atoms with E-state index in [0.717, 1.165) is 31.7 Å². The molecule has 2 bridgehead atoms. The van der Waals surface area contributed by atoms with E-state index >= 15 is 0 Å². The first-order chi connectivity index (χ1) is 6.12. The minimum absolute atomic E-state index is 0.636. The molecule has 2 unspecified atom stereocenters. The van der Waals surface area contributed by atoms with E-state index < -0.39 is 5.67 Å². The maximum Gasteiger partial charge on any atom is 0.108 e. The summed E-state index contributed by atoms with van der Waals surface area (Å²) in [6, 6.07) is 0. The molecular formula is C11H20FN. The summed E-state index contributed by atoms with van der Waals surface area (Å²) in [7, 11) is 0. The van der Waals surface area contributed by atoms with Gasteiger partial charge in [0, 0.05) is 0 Å². The number of alkyl halides is 1. The number of hydrogen-bond acceptors (Lipinski definition) is 1. The lowest BCUT2D eigenvalue weighted by atomic mass is 9.71. The molecule has 2 saturated carbocycles. The Bertz CT molecular complexity index is 175. The van der Waals surface area contributed by atoms with Crippen molar-refractivity contribution in [3.8, 4) is 0 Å². The fraction of sp³-hybridized carbons (Fsp3) is 1.00. The molecule has 2 aliphatic carbocycles. The monoisotopic (exact) mass is 185 g/mol. The molecular weight excluding hydrogens is 165 g/mol. The molecule has 2 aliphatic rings. The van der Waals surface area contributed by atoms with E-state index in [1.165, 1.54) is 12.8 Å². The summed E-state index contributed by atoms with van der Waals surface area (Å²) >= 11 is 0. The van der Waals surface area contributed by atoms with Crippen molar-refractivity contribution < 1.29 is 4.39 Å². The predicted octanol–water partition coefficient (Wildman–Crippen LogP) is 2.50. The number of halogens is 1. The molecule has 0 aliphatic heterocycles. The Morgan fingerprint density at radius 1 is 1.31 bits per heavy atom. The normalized spacial score (nSPS) is 49.6.